The van der Waals surface area contributed by atoms with Gasteiger partial charge in [-0.2, -0.15) is 0 Å². The Bertz CT molecular complexity index is 223. The highest BCUT2D eigenvalue weighted by atomic mass is 16.5. The summed E-state index contributed by atoms with van der Waals surface area (Å²) in [6.07, 6.45) is 1.59. The quantitative estimate of drug-likeness (QED) is 0.639. The third kappa shape index (κ3) is 7.88. The van der Waals surface area contributed by atoms with Gasteiger partial charge in [0.2, 0.25) is 0 Å². The van der Waals surface area contributed by atoms with Crippen LogP contribution in [0.1, 0.15) is 27.2 Å². The molecule has 1 aliphatic rings. The first kappa shape index (κ1) is 16.9. The van der Waals surface area contributed by atoms with Crippen molar-refractivity contribution in [1.29, 1.82) is 0 Å². The molecule has 1 saturated heterocycles. The number of hydrogen-bond donors (Lipinski definition) is 1. The highest BCUT2D eigenvalue weighted by Gasteiger charge is 2.21. The predicted molar refractivity (Wildman–Crippen MR) is 81.7 cm³/mol. The van der Waals surface area contributed by atoms with E-state index in [-0.39, 0.29) is 0 Å². The highest BCUT2D eigenvalue weighted by Crippen LogP contribution is 2.07. The fraction of sp³-hybridized carbons (Fsp3) is 1.00. The summed E-state index contributed by atoms with van der Waals surface area (Å²) < 4.78 is 5.88. The van der Waals surface area contributed by atoms with Crippen LogP contribution in [0.25, 0.3) is 0 Å². The van der Waals surface area contributed by atoms with Gasteiger partial charge in [-0.05, 0) is 25.9 Å². The van der Waals surface area contributed by atoms with Gasteiger partial charge in [-0.3, -0.25) is 4.90 Å². The minimum atomic E-state index is 0.378. The first-order chi connectivity index (χ1) is 9.11. The lowest BCUT2D eigenvalue weighted by Crippen LogP contribution is -2.48. The maximum Gasteiger partial charge on any atom is 0.0829 e. The standard InChI is InChI=1S/C15H33N3O/c1-5-6-16-7-8-18-9-10-19-15(13-18)12-17(4)11-14(2)3/h14-16H,5-13H2,1-4H3/t15-/m1/s1. The van der Waals surface area contributed by atoms with Gasteiger partial charge < -0.3 is 15.0 Å². The van der Waals surface area contributed by atoms with Crippen LogP contribution in [-0.4, -0.2) is 75.4 Å². The van der Waals surface area contributed by atoms with Crippen LogP contribution in [0, 0.1) is 5.92 Å². The van der Waals surface area contributed by atoms with Gasteiger partial charge in [-0.15, -0.1) is 0 Å². The Labute approximate surface area is 119 Å². The molecular formula is C15H33N3O. The lowest BCUT2D eigenvalue weighted by atomic mass is 10.2. The molecule has 114 valence electrons. The molecule has 0 radical (unpaired) electrons. The topological polar surface area (TPSA) is 27.7 Å². The zero-order valence-electron chi connectivity index (χ0n) is 13.3. The van der Waals surface area contributed by atoms with Gasteiger partial charge in [-0.1, -0.05) is 20.8 Å². The number of morpholine rings is 1. The van der Waals surface area contributed by atoms with E-state index in [0.29, 0.717) is 6.10 Å². The summed E-state index contributed by atoms with van der Waals surface area (Å²) in [5, 5.41) is 3.47. The average molecular weight is 271 g/mol. The Morgan fingerprint density at radius 3 is 2.84 bits per heavy atom. The lowest BCUT2D eigenvalue weighted by Gasteiger charge is -2.35. The molecule has 0 aliphatic carbocycles. The molecule has 4 heteroatoms. The van der Waals surface area contributed by atoms with E-state index in [0.717, 1.165) is 58.3 Å². The normalized spacial score (nSPS) is 21.5. The molecule has 1 atom stereocenters. The Kier molecular flexibility index (Phi) is 8.62. The van der Waals surface area contributed by atoms with Crippen LogP contribution < -0.4 is 5.32 Å². The molecule has 1 fully saturated rings. The zero-order valence-corrected chi connectivity index (χ0v) is 13.3. The van der Waals surface area contributed by atoms with Crippen molar-refractivity contribution in [3.05, 3.63) is 0 Å². The molecule has 0 unspecified atom stereocenters. The summed E-state index contributed by atoms with van der Waals surface area (Å²) >= 11 is 0. The summed E-state index contributed by atoms with van der Waals surface area (Å²) in [6.45, 7) is 15.4. The Balaban J connectivity index is 2.18. The van der Waals surface area contributed by atoms with Crippen LogP contribution in [0.15, 0.2) is 0 Å². The molecule has 0 amide bonds. The second kappa shape index (κ2) is 9.70. The highest BCUT2D eigenvalue weighted by molar-refractivity contribution is 4.74. The van der Waals surface area contributed by atoms with Crippen molar-refractivity contribution in [2.45, 2.75) is 33.3 Å². The van der Waals surface area contributed by atoms with Crippen molar-refractivity contribution in [2.75, 3.05) is 59.5 Å². The van der Waals surface area contributed by atoms with Crippen LogP contribution in [-0.2, 0) is 4.74 Å². The van der Waals surface area contributed by atoms with E-state index in [9.17, 15) is 0 Å². The third-order valence-corrected chi connectivity index (χ3v) is 3.45. The summed E-state index contributed by atoms with van der Waals surface area (Å²) in [6, 6.07) is 0. The van der Waals surface area contributed by atoms with E-state index in [2.05, 4.69) is 42.9 Å². The Morgan fingerprint density at radius 1 is 1.37 bits per heavy atom. The molecular weight excluding hydrogens is 238 g/mol. The van der Waals surface area contributed by atoms with Gasteiger partial charge in [-0.25, -0.2) is 0 Å². The van der Waals surface area contributed by atoms with E-state index in [1.54, 1.807) is 0 Å². The zero-order chi connectivity index (χ0) is 14.1. The smallest absolute Gasteiger partial charge is 0.0829 e. The van der Waals surface area contributed by atoms with Crippen molar-refractivity contribution >= 4 is 0 Å². The van der Waals surface area contributed by atoms with Crippen LogP contribution in [0.4, 0.5) is 0 Å². The summed E-state index contributed by atoms with van der Waals surface area (Å²) in [4.78, 5) is 4.92. The second-order valence-corrected chi connectivity index (χ2v) is 6.16. The van der Waals surface area contributed by atoms with Gasteiger partial charge in [0.05, 0.1) is 12.7 Å². The van der Waals surface area contributed by atoms with Crippen LogP contribution in [0.5, 0.6) is 0 Å². The number of likely N-dealkylation sites (N-methyl/N-ethyl adjacent to an activating group) is 1. The molecule has 0 bridgehead atoms. The number of nitrogens with zero attached hydrogens (tertiary/aromatic N) is 2. The SMILES string of the molecule is CCCNCCN1CCO[C@H](CN(C)CC(C)C)C1. The van der Waals surface area contributed by atoms with Crippen LogP contribution in [0.2, 0.25) is 0 Å². The van der Waals surface area contributed by atoms with Crippen LogP contribution >= 0.6 is 0 Å². The first-order valence-corrected chi connectivity index (χ1v) is 7.85. The van der Waals surface area contributed by atoms with Crippen molar-refractivity contribution < 1.29 is 4.74 Å². The number of hydrogen-bond acceptors (Lipinski definition) is 4. The van der Waals surface area contributed by atoms with Crippen molar-refractivity contribution in [1.82, 2.24) is 15.1 Å². The second-order valence-electron chi connectivity index (χ2n) is 6.16. The maximum absolute atomic E-state index is 5.88. The first-order valence-electron chi connectivity index (χ1n) is 7.85. The molecule has 1 N–H and O–H groups in total. The van der Waals surface area contributed by atoms with E-state index < -0.39 is 0 Å². The molecule has 0 spiro atoms. The van der Waals surface area contributed by atoms with E-state index in [1.807, 2.05) is 0 Å². The van der Waals surface area contributed by atoms with Crippen LogP contribution in [0.3, 0.4) is 0 Å². The van der Waals surface area contributed by atoms with Gasteiger partial charge in [0, 0.05) is 39.3 Å². The van der Waals surface area contributed by atoms with Gasteiger partial charge in [0.1, 0.15) is 0 Å². The minimum absolute atomic E-state index is 0.378. The van der Waals surface area contributed by atoms with Gasteiger partial charge in [0.15, 0.2) is 0 Å². The van der Waals surface area contributed by atoms with Gasteiger partial charge in [0.25, 0.3) is 0 Å². The number of ether oxygens (including phenoxy) is 1. The van der Waals surface area contributed by atoms with Crippen molar-refractivity contribution in [2.24, 2.45) is 5.92 Å². The molecule has 0 aromatic carbocycles. The predicted octanol–water partition coefficient (Wildman–Crippen LogP) is 1.27. The van der Waals surface area contributed by atoms with Crippen molar-refractivity contribution in [3.8, 4) is 0 Å². The van der Waals surface area contributed by atoms with E-state index in [4.69, 9.17) is 4.74 Å². The number of rotatable bonds is 9. The third-order valence-electron chi connectivity index (χ3n) is 3.45. The maximum atomic E-state index is 5.88. The average Bonchev–Trinajstić information content (AvgIpc) is 2.34. The molecule has 1 rings (SSSR count). The van der Waals surface area contributed by atoms with Gasteiger partial charge >= 0.3 is 0 Å². The molecule has 1 heterocycles. The molecule has 4 nitrogen and oxygen atoms in total. The Hall–Kier alpha value is -0.160. The molecule has 0 aromatic heterocycles. The molecule has 19 heavy (non-hydrogen) atoms. The van der Waals surface area contributed by atoms with E-state index >= 15 is 0 Å². The van der Waals surface area contributed by atoms with Crippen molar-refractivity contribution in [3.63, 3.8) is 0 Å². The molecule has 0 saturated carbocycles. The van der Waals surface area contributed by atoms with E-state index in [1.165, 1.54) is 6.42 Å². The lowest BCUT2D eigenvalue weighted by molar-refractivity contribution is -0.0408. The summed E-state index contributed by atoms with van der Waals surface area (Å²) in [7, 11) is 2.20. The summed E-state index contributed by atoms with van der Waals surface area (Å²) in [5.41, 5.74) is 0. The molecule has 1 aliphatic heterocycles. The molecule has 0 aromatic rings. The monoisotopic (exact) mass is 271 g/mol. The number of nitrogens with one attached hydrogen (secondary N) is 1. The largest absolute Gasteiger partial charge is 0.374 e. The summed E-state index contributed by atoms with van der Waals surface area (Å²) in [5.74, 6) is 0.725. The minimum Gasteiger partial charge on any atom is -0.374 e. The Morgan fingerprint density at radius 2 is 2.16 bits per heavy atom. The fourth-order valence-electron chi connectivity index (χ4n) is 2.68. The fourth-order valence-corrected chi connectivity index (χ4v) is 2.68.